The molecule has 1 amide bonds. The molecule has 2 fully saturated rings. The van der Waals surface area contributed by atoms with Crippen molar-refractivity contribution in [1.29, 1.82) is 0 Å². The fraction of sp³-hybridized carbons (Fsp3) is 0.457. The third kappa shape index (κ3) is 7.04. The molecule has 2 aliphatic heterocycles. The van der Waals surface area contributed by atoms with Crippen LogP contribution in [0.1, 0.15) is 32.8 Å². The standard InChI is InChI=1S/C35H43FN6O4/c1-35(2,3)46-34(44)42-16-15-25(28(36)22-42)21-40-17-19-41(20-18-40)29-12-8-11-26-31(38-39(4)32(26)29)27-13-14-30(43)37-33(27)45-23-24-9-6-5-7-10-24/h5-14,25,28H,15-23H2,1-4H3,(H,37,43)/t25-,28+/m1/s1. The second kappa shape index (κ2) is 13.2. The van der Waals surface area contributed by atoms with Crippen molar-refractivity contribution in [3.63, 3.8) is 0 Å². The van der Waals surface area contributed by atoms with E-state index in [1.807, 2.05) is 68.9 Å². The number of aromatic nitrogens is 3. The molecule has 0 saturated carbocycles. The van der Waals surface area contributed by atoms with Gasteiger partial charge < -0.3 is 24.4 Å². The summed E-state index contributed by atoms with van der Waals surface area (Å²) in [6.45, 7) is 10.3. The molecule has 0 spiro atoms. The van der Waals surface area contributed by atoms with Crippen LogP contribution in [0.4, 0.5) is 14.9 Å². The number of fused-ring (bicyclic) bond motifs is 1. The molecule has 46 heavy (non-hydrogen) atoms. The molecule has 0 unspecified atom stereocenters. The molecule has 2 aromatic heterocycles. The van der Waals surface area contributed by atoms with Crippen LogP contribution in [0.3, 0.4) is 0 Å². The quantitative estimate of drug-likeness (QED) is 0.281. The van der Waals surface area contributed by atoms with Crippen molar-refractivity contribution >= 4 is 22.7 Å². The fourth-order valence-electron chi connectivity index (χ4n) is 6.37. The highest BCUT2D eigenvalue weighted by Crippen LogP contribution is 2.38. The van der Waals surface area contributed by atoms with Gasteiger partial charge in [-0.05, 0) is 44.9 Å². The Kier molecular flexibility index (Phi) is 9.04. The van der Waals surface area contributed by atoms with Crippen LogP contribution in [0, 0.1) is 5.92 Å². The fourth-order valence-corrected chi connectivity index (χ4v) is 6.37. The van der Waals surface area contributed by atoms with Gasteiger partial charge in [0, 0.05) is 63.7 Å². The molecule has 4 aromatic rings. The Hall–Kier alpha value is -4.38. The van der Waals surface area contributed by atoms with Gasteiger partial charge in [0.2, 0.25) is 11.8 Å². The lowest BCUT2D eigenvalue weighted by molar-refractivity contribution is 0.00145. The van der Waals surface area contributed by atoms with Crippen LogP contribution in [0.25, 0.3) is 22.2 Å². The number of aryl methyl sites for hydroxylation is 1. The zero-order valence-electron chi connectivity index (χ0n) is 27.0. The summed E-state index contributed by atoms with van der Waals surface area (Å²) in [5, 5.41) is 16.0. The lowest BCUT2D eigenvalue weighted by Crippen LogP contribution is -2.52. The van der Waals surface area contributed by atoms with E-state index in [0.29, 0.717) is 37.6 Å². The Morgan fingerprint density at radius 2 is 1.76 bits per heavy atom. The predicted octanol–water partition coefficient (Wildman–Crippen LogP) is 5.64. The van der Waals surface area contributed by atoms with Crippen LogP contribution in [0.2, 0.25) is 0 Å². The number of hydrogen-bond donors (Lipinski definition) is 1. The number of pyridine rings is 1. The Balaban J connectivity index is 1.13. The molecule has 2 aliphatic rings. The minimum absolute atomic E-state index is 0.0833. The minimum Gasteiger partial charge on any atom is -0.493 e. The number of ether oxygens (including phenoxy) is 2. The van der Waals surface area contributed by atoms with Crippen LogP contribution >= 0.6 is 0 Å². The zero-order valence-corrected chi connectivity index (χ0v) is 27.0. The Morgan fingerprint density at radius 1 is 1.00 bits per heavy atom. The summed E-state index contributed by atoms with van der Waals surface area (Å²) in [5.74, 6) is 0.106. The van der Waals surface area contributed by atoms with Gasteiger partial charge in [0.05, 0.1) is 23.3 Å². The van der Waals surface area contributed by atoms with Crippen molar-refractivity contribution in [2.24, 2.45) is 13.0 Å². The van der Waals surface area contributed by atoms with E-state index >= 15 is 4.39 Å². The smallest absolute Gasteiger partial charge is 0.410 e. The molecule has 0 bridgehead atoms. The summed E-state index contributed by atoms with van der Waals surface area (Å²) < 4.78 is 28.6. The third-order valence-corrected chi connectivity index (χ3v) is 8.70. The number of carbonyl (C=O) groups excluding carboxylic acids is 1. The van der Waals surface area contributed by atoms with Gasteiger partial charge in [-0.25, -0.2) is 9.18 Å². The van der Waals surface area contributed by atoms with Crippen LogP contribution in [-0.4, -0.2) is 93.4 Å². The van der Waals surface area contributed by atoms with Crippen LogP contribution in [0.5, 0.6) is 11.8 Å². The number of alkyl halides is 1. The van der Waals surface area contributed by atoms with Crippen LogP contribution in [-0.2, 0) is 18.4 Å². The maximum atomic E-state index is 15.2. The van der Waals surface area contributed by atoms with E-state index in [1.54, 1.807) is 12.1 Å². The molecule has 10 nitrogen and oxygen atoms in total. The summed E-state index contributed by atoms with van der Waals surface area (Å²) >= 11 is 0. The molecule has 2 atom stereocenters. The van der Waals surface area contributed by atoms with E-state index in [2.05, 4.69) is 26.9 Å². The van der Waals surface area contributed by atoms with Crippen molar-refractivity contribution in [2.75, 3.05) is 50.7 Å². The van der Waals surface area contributed by atoms with Crippen LogP contribution in [0.15, 0.2) is 60.7 Å². The Bertz CT molecular complexity index is 1670. The number of aromatic hydroxyl groups is 1. The molecule has 6 rings (SSSR count). The first kappa shape index (κ1) is 31.6. The molecule has 1 N–H and O–H groups in total. The normalized spacial score (nSPS) is 19.4. The number of benzene rings is 2. The first-order chi connectivity index (χ1) is 22.1. The average molecular weight is 631 g/mol. The lowest BCUT2D eigenvalue weighted by Gasteiger charge is -2.41. The molecule has 0 aliphatic carbocycles. The summed E-state index contributed by atoms with van der Waals surface area (Å²) in [5.41, 5.74) is 3.94. The number of anilines is 1. The average Bonchev–Trinajstić information content (AvgIpc) is 3.37. The summed E-state index contributed by atoms with van der Waals surface area (Å²) in [6, 6.07) is 19.4. The Labute approximate surface area is 269 Å². The second-order valence-corrected chi connectivity index (χ2v) is 13.2. The maximum absolute atomic E-state index is 15.2. The van der Waals surface area contributed by atoms with E-state index in [4.69, 9.17) is 14.6 Å². The van der Waals surface area contributed by atoms with Crippen molar-refractivity contribution in [3.8, 4) is 23.0 Å². The number of hydrogen-bond acceptors (Lipinski definition) is 8. The molecule has 0 radical (unpaired) electrons. The molecule has 2 aromatic carbocycles. The highest BCUT2D eigenvalue weighted by atomic mass is 19.1. The second-order valence-electron chi connectivity index (χ2n) is 13.2. The number of carbonyl (C=O) groups is 1. The zero-order chi connectivity index (χ0) is 32.4. The lowest BCUT2D eigenvalue weighted by atomic mass is 9.94. The molecular formula is C35H43FN6O4. The maximum Gasteiger partial charge on any atom is 0.410 e. The first-order valence-corrected chi connectivity index (χ1v) is 16.0. The number of para-hydroxylation sites is 1. The van der Waals surface area contributed by atoms with Gasteiger partial charge in [-0.2, -0.15) is 10.1 Å². The van der Waals surface area contributed by atoms with Gasteiger partial charge in [0.15, 0.2) is 0 Å². The number of rotatable bonds is 7. The highest BCUT2D eigenvalue weighted by molar-refractivity contribution is 6.01. The van der Waals surface area contributed by atoms with Crippen molar-refractivity contribution in [2.45, 2.75) is 45.6 Å². The number of nitrogens with zero attached hydrogens (tertiary/aromatic N) is 6. The van der Waals surface area contributed by atoms with Gasteiger partial charge in [0.25, 0.3) is 0 Å². The summed E-state index contributed by atoms with van der Waals surface area (Å²) in [7, 11) is 1.94. The number of amides is 1. The van der Waals surface area contributed by atoms with Crippen LogP contribution < -0.4 is 9.64 Å². The van der Waals surface area contributed by atoms with E-state index < -0.39 is 17.9 Å². The number of piperazine rings is 1. The molecule has 244 valence electrons. The van der Waals surface area contributed by atoms with Gasteiger partial charge in [0.1, 0.15) is 24.1 Å². The highest BCUT2D eigenvalue weighted by Gasteiger charge is 2.35. The summed E-state index contributed by atoms with van der Waals surface area (Å²) in [4.78, 5) is 22.9. The van der Waals surface area contributed by atoms with Crippen molar-refractivity contribution in [3.05, 3.63) is 66.2 Å². The van der Waals surface area contributed by atoms with E-state index in [1.165, 1.54) is 4.90 Å². The number of likely N-dealkylation sites (tertiary alicyclic amines) is 1. The molecule has 11 heteroatoms. The van der Waals surface area contributed by atoms with Gasteiger partial charge >= 0.3 is 6.09 Å². The largest absolute Gasteiger partial charge is 0.493 e. The minimum atomic E-state index is -1.07. The topological polar surface area (TPSA) is 96.2 Å². The van der Waals surface area contributed by atoms with Gasteiger partial charge in [-0.3, -0.25) is 9.58 Å². The summed E-state index contributed by atoms with van der Waals surface area (Å²) in [6.07, 6.45) is -0.884. The SMILES string of the molecule is Cn1nc(-c2ccc(O)nc2OCc2ccccc2)c2cccc(N3CCN(C[C@H]4CCN(C(=O)OC(C)(C)C)C[C@@H]4F)CC3)c21. The van der Waals surface area contributed by atoms with Crippen molar-refractivity contribution in [1.82, 2.24) is 24.6 Å². The monoisotopic (exact) mass is 630 g/mol. The molecule has 2 saturated heterocycles. The number of piperidine rings is 1. The third-order valence-electron chi connectivity index (χ3n) is 8.70. The molecule has 4 heterocycles. The number of halogens is 1. The first-order valence-electron chi connectivity index (χ1n) is 16.0. The van der Waals surface area contributed by atoms with Crippen molar-refractivity contribution < 1.29 is 23.8 Å². The van der Waals surface area contributed by atoms with E-state index in [-0.39, 0.29) is 18.3 Å². The predicted molar refractivity (Wildman–Crippen MR) is 176 cm³/mol. The van der Waals surface area contributed by atoms with E-state index in [9.17, 15) is 9.90 Å². The van der Waals surface area contributed by atoms with Gasteiger partial charge in [-0.1, -0.05) is 42.5 Å². The van der Waals surface area contributed by atoms with Gasteiger partial charge in [-0.15, -0.1) is 0 Å². The molecular weight excluding hydrogens is 587 g/mol. The van der Waals surface area contributed by atoms with E-state index in [0.717, 1.165) is 54.0 Å². The Morgan fingerprint density at radius 3 is 2.48 bits per heavy atom.